The number of hydrogen-bond donors (Lipinski definition) is 1. The molecular weight excluding hydrogens is 1440 g/mol. The van der Waals surface area contributed by atoms with Gasteiger partial charge in [0.2, 0.25) is 0 Å². The van der Waals surface area contributed by atoms with Gasteiger partial charge in [-0.2, -0.15) is 0 Å². The maximum atomic E-state index is 14.2. The average Bonchev–Trinajstić information content (AvgIpc) is 1.61. The van der Waals surface area contributed by atoms with Crippen LogP contribution >= 0.6 is 0 Å². The molecule has 2 aromatic heterocycles. The highest BCUT2D eigenvalue weighted by Crippen LogP contribution is 2.48. The van der Waals surface area contributed by atoms with Gasteiger partial charge in [0.05, 0.1) is 41.8 Å². The molecule has 0 spiro atoms. The molecule has 112 heavy (non-hydrogen) atoms. The highest BCUT2D eigenvalue weighted by molar-refractivity contribution is 6.01. The summed E-state index contributed by atoms with van der Waals surface area (Å²) in [5, 5.41) is 0.923. The van der Waals surface area contributed by atoms with Gasteiger partial charge in [-0.3, -0.25) is 48.2 Å². The van der Waals surface area contributed by atoms with Crippen molar-refractivity contribution in [2.75, 3.05) is 41.0 Å². The number of hydrogen-bond acceptors (Lipinski definition) is 24. The van der Waals surface area contributed by atoms with Gasteiger partial charge in [0.15, 0.2) is 22.5 Å². The third kappa shape index (κ3) is 17.7. The van der Waals surface area contributed by atoms with E-state index in [4.69, 9.17) is 53.5 Å². The van der Waals surface area contributed by atoms with Crippen LogP contribution in [0.15, 0.2) is 29.6 Å². The summed E-state index contributed by atoms with van der Waals surface area (Å²) < 4.78 is 55.2. The van der Waals surface area contributed by atoms with Gasteiger partial charge in [-0.15, -0.1) is 0 Å². The Labute approximate surface area is 663 Å². The number of ether oxygens (including phenoxy) is 9. The number of cyclic esters (lactones) is 3. The van der Waals surface area contributed by atoms with Crippen LogP contribution in [0.5, 0.6) is 0 Å². The number of aromatic nitrogens is 3. The van der Waals surface area contributed by atoms with Crippen molar-refractivity contribution in [2.45, 2.75) is 294 Å². The molecule has 0 aromatic carbocycles. The van der Waals surface area contributed by atoms with Crippen LogP contribution in [0.4, 0.5) is 14.4 Å². The fraction of sp³-hybridized carbons (Fsp3) is 0.786. The molecule has 3 amide bonds. The van der Waals surface area contributed by atoms with E-state index >= 15 is 0 Å². The number of esters is 3. The Hall–Kier alpha value is -7.30. The Morgan fingerprint density at radius 1 is 0.464 bits per heavy atom. The number of aliphatic imine (C=N–C) groups is 1. The normalized spacial score (nSPS) is 40.4. The molecule has 28 nitrogen and oxygen atoms in total. The predicted octanol–water partition coefficient (Wildman–Crippen LogP) is 12.0. The first-order valence-corrected chi connectivity index (χ1v) is 40.7. The minimum absolute atomic E-state index is 0.0356. The average molecular weight is 1570 g/mol. The van der Waals surface area contributed by atoms with Crippen molar-refractivity contribution in [3.63, 3.8) is 0 Å². The number of nitrogens with zero attached hydrogens (tertiary/aromatic N) is 7. The second-order valence-electron chi connectivity index (χ2n) is 34.7. The van der Waals surface area contributed by atoms with Gasteiger partial charge in [-0.05, 0) is 149 Å². The number of hydrazine groups is 1. The van der Waals surface area contributed by atoms with Gasteiger partial charge in [0, 0.05) is 100 Å². The van der Waals surface area contributed by atoms with Crippen LogP contribution in [0.1, 0.15) is 218 Å². The predicted molar refractivity (Wildman–Crippen MR) is 418 cm³/mol. The highest BCUT2D eigenvalue weighted by Gasteiger charge is 2.64. The number of imidazole rings is 1. The third-order valence-corrected chi connectivity index (χ3v) is 27.8. The summed E-state index contributed by atoms with van der Waals surface area (Å²) in [5.41, 5.74) is -3.29. The second-order valence-corrected chi connectivity index (χ2v) is 34.7. The lowest BCUT2D eigenvalue weighted by atomic mass is 9.70. The van der Waals surface area contributed by atoms with Crippen LogP contribution < -0.4 is 5.84 Å². The molecule has 7 aliphatic rings. The summed E-state index contributed by atoms with van der Waals surface area (Å²) in [6.45, 7) is 46.0. The van der Waals surface area contributed by atoms with Gasteiger partial charge in [-0.25, -0.2) is 35.2 Å². The summed E-state index contributed by atoms with van der Waals surface area (Å²) in [6.07, 6.45) is 3.25. The first-order valence-electron chi connectivity index (χ1n) is 40.7. The van der Waals surface area contributed by atoms with Crippen LogP contribution in [0.2, 0.25) is 0 Å². The maximum Gasteiger partial charge on any atom is 0.425 e. The molecule has 0 saturated carbocycles. The van der Waals surface area contributed by atoms with Crippen molar-refractivity contribution in [3.8, 4) is 0 Å². The molecule has 6 saturated heterocycles. The number of methoxy groups -OCH3 is 3. The van der Waals surface area contributed by atoms with E-state index in [9.17, 15) is 52.7 Å². The number of amides is 3. The fourth-order valence-corrected chi connectivity index (χ4v) is 19.6. The molecule has 9 heterocycles. The van der Waals surface area contributed by atoms with E-state index in [0.29, 0.717) is 71.1 Å². The Bertz CT molecular complexity index is 3810. The van der Waals surface area contributed by atoms with Crippen molar-refractivity contribution in [1.82, 2.24) is 29.3 Å². The van der Waals surface area contributed by atoms with Crippen molar-refractivity contribution in [2.24, 2.45) is 99.6 Å². The largest absolute Gasteiger partial charge is 0.458 e. The van der Waals surface area contributed by atoms with Crippen molar-refractivity contribution < 1.29 is 95.4 Å². The van der Waals surface area contributed by atoms with Crippen molar-refractivity contribution in [1.29, 1.82) is 0 Å². The van der Waals surface area contributed by atoms with Gasteiger partial charge >= 0.3 is 36.2 Å². The molecule has 0 unspecified atom stereocenters. The molecular formula is C84H132N8O20. The SMILES string of the molecule is CC[C@H]1OC(=O)[C@H](C)C(=O)[C@H](C)[C@@H](C)[C@](C)(OC)C[C@@H](C)C(=O)[C@H](C)[C@H]2N(CCCCn3cnc4cccnc43)C(=O)O[C@]12C.CC[C@H]1OC(=O)[C@H](C)C(=O)[C@H](C)[C@@H](C)[C@](C)(OC)C[C@@H](C)C(=O)[C@H](C)[C@H]2N(N)C(=O)O[C@]12C.CC[C@H]1OC(=O)[C@H](C)C(=O)[C@H](C)[C@@H](C)[C@](C)(OC)C[C@@H](C)C2=NCCN3C(=O)O[C@@]1(C)[C@H]3[C@H]2C. The minimum Gasteiger partial charge on any atom is -0.458 e. The number of unbranched alkanes of at least 4 members (excludes halogenated alkanes) is 1. The van der Waals surface area contributed by atoms with Crippen molar-refractivity contribution in [3.05, 3.63) is 24.7 Å². The summed E-state index contributed by atoms with van der Waals surface area (Å²) in [4.78, 5) is 164. The zero-order valence-corrected chi connectivity index (χ0v) is 71.8. The number of carbonyl (C=O) groups is 11. The molecule has 2 N–H and O–H groups in total. The zero-order valence-electron chi connectivity index (χ0n) is 71.8. The zero-order chi connectivity index (χ0) is 84.3. The molecule has 28 heteroatoms. The maximum absolute atomic E-state index is 14.2. The first kappa shape index (κ1) is 91.9. The van der Waals surface area contributed by atoms with Gasteiger partial charge in [0.25, 0.3) is 0 Å². The van der Waals surface area contributed by atoms with Gasteiger partial charge in [0.1, 0.15) is 76.5 Å². The van der Waals surface area contributed by atoms with Crippen LogP contribution in [0, 0.1) is 88.8 Å². The van der Waals surface area contributed by atoms with E-state index in [1.54, 1.807) is 99.0 Å². The van der Waals surface area contributed by atoms with E-state index in [1.807, 2.05) is 107 Å². The van der Waals surface area contributed by atoms with E-state index in [0.717, 1.165) is 28.3 Å². The number of fused-ring (bicyclic) bond motifs is 4. The Morgan fingerprint density at radius 3 is 1.28 bits per heavy atom. The lowest BCUT2D eigenvalue weighted by Crippen LogP contribution is -2.59. The number of ketones is 5. The fourth-order valence-electron chi connectivity index (χ4n) is 19.6. The van der Waals surface area contributed by atoms with Crippen LogP contribution in [0.25, 0.3) is 11.2 Å². The number of carbonyl (C=O) groups excluding carboxylic acids is 11. The second kappa shape index (κ2) is 36.3. The number of nitrogens with two attached hydrogens (primary N) is 1. The summed E-state index contributed by atoms with van der Waals surface area (Å²) in [6, 6.07) is 1.89. The topological polar surface area (TPSA) is 350 Å². The number of Topliss-reactive ketones (excluding diaryl/α,β-unsaturated/α-hetero) is 5. The molecule has 2 bridgehead atoms. The van der Waals surface area contributed by atoms with Crippen LogP contribution in [-0.4, -0.2) is 211 Å². The molecule has 6 fully saturated rings. The van der Waals surface area contributed by atoms with E-state index < -0.39 is 159 Å². The molecule has 7 aliphatic heterocycles. The van der Waals surface area contributed by atoms with Crippen LogP contribution in [-0.2, 0) is 87.5 Å². The van der Waals surface area contributed by atoms with Gasteiger partial charge < -0.3 is 52.1 Å². The molecule has 2 aromatic rings. The lowest BCUT2D eigenvalue weighted by Gasteiger charge is -2.43. The molecule has 0 aliphatic carbocycles. The van der Waals surface area contributed by atoms with E-state index in [2.05, 4.69) is 23.8 Å². The van der Waals surface area contributed by atoms with Gasteiger partial charge in [-0.1, -0.05) is 104 Å². The van der Waals surface area contributed by atoms with Crippen LogP contribution in [0.3, 0.4) is 0 Å². The molecule has 9 rings (SSSR count). The Morgan fingerprint density at radius 2 is 0.848 bits per heavy atom. The third-order valence-electron chi connectivity index (χ3n) is 27.8. The standard InChI is InChI=1S/C34H50N4O7.C26H42N2O6.C24H40N2O7/c1-10-26-34(8)29(38(32(42)45-34)17-12-11-16-37-19-36-25-14-13-15-35-30(25)37)22(4)27(39)20(2)18-33(7,43-9)24(6)21(3)28(40)23(5)31(41)44-26;1-10-19-26(8)22-16(4)20(27-11-12-28(22)24(31)34-26)14(2)13-25(7,32-9)18(6)15(3)21(29)17(5)23(30)33-19;1-10-17-24(8)20(26(25)22(30)33-24)14(4)18(27)12(2)11-23(7,31-9)16(6)13(3)19(28)15(5)21(29)32-17/h13-15,19-24,26,29H,10-12,16-18H2,1-9H3;14-19,22H,10-13H2,1-9H3;12-17,20H,10-11,25H2,1-9H3/t20-,21-,22+,23-,24-,26-,29-,33-,34-;14-,15-,16+,17-,18-,19-,22-,25-,26-;12-,13-,14+,15-,16-,17-,20-,23-,24-/m111/s1. The number of rotatable bonds is 11. The smallest absolute Gasteiger partial charge is 0.425 e. The molecule has 27 atom stereocenters. The highest BCUT2D eigenvalue weighted by atomic mass is 16.6. The molecule has 0 radical (unpaired) electrons. The lowest BCUT2D eigenvalue weighted by molar-refractivity contribution is -0.173. The summed E-state index contributed by atoms with van der Waals surface area (Å²) >= 11 is 0. The molecule has 628 valence electrons. The number of pyridine rings is 1. The monoisotopic (exact) mass is 1570 g/mol. The minimum atomic E-state index is -1.36. The van der Waals surface area contributed by atoms with Crippen molar-refractivity contribution >= 4 is 82.0 Å². The Balaban J connectivity index is 0.000000237. The Kier molecular flexibility index (Phi) is 29.7. The number of aryl methyl sites for hydroxylation is 1. The summed E-state index contributed by atoms with van der Waals surface area (Å²) in [5.74, 6) is -3.96. The first-order chi connectivity index (χ1) is 52.2. The quantitative estimate of drug-likeness (QED) is 0.0545. The van der Waals surface area contributed by atoms with E-state index in [1.165, 1.54) is 6.92 Å². The summed E-state index contributed by atoms with van der Waals surface area (Å²) in [7, 11) is 4.82. The van der Waals surface area contributed by atoms with E-state index in [-0.39, 0.29) is 64.5 Å².